The van der Waals surface area contributed by atoms with E-state index in [2.05, 4.69) is 5.32 Å². The van der Waals surface area contributed by atoms with Gasteiger partial charge in [0.25, 0.3) is 5.91 Å². The van der Waals surface area contributed by atoms with E-state index in [0.717, 1.165) is 11.3 Å². The maximum absolute atomic E-state index is 13.9. The minimum absolute atomic E-state index is 0.0184. The molecule has 0 unspecified atom stereocenters. The van der Waals surface area contributed by atoms with Crippen molar-refractivity contribution < 1.29 is 23.9 Å². The van der Waals surface area contributed by atoms with Crippen LogP contribution < -0.4 is 14.8 Å². The van der Waals surface area contributed by atoms with Gasteiger partial charge in [-0.1, -0.05) is 23.9 Å². The van der Waals surface area contributed by atoms with E-state index in [-0.39, 0.29) is 24.1 Å². The number of amidine groups is 1. The number of rotatable bonds is 7. The summed E-state index contributed by atoms with van der Waals surface area (Å²) in [7, 11) is 3.20. The molecule has 0 bridgehead atoms. The minimum atomic E-state index is -0.528. The number of fused-ring (bicyclic) bond motifs is 1. The van der Waals surface area contributed by atoms with Crippen LogP contribution in [0.5, 0.6) is 11.5 Å². The Morgan fingerprint density at radius 3 is 2.32 bits per heavy atom. The number of ether oxygens (including phenoxy) is 2. The molecule has 0 spiro atoms. The fourth-order valence-corrected chi connectivity index (χ4v) is 6.16. The predicted molar refractivity (Wildman–Crippen MR) is 158 cm³/mol. The van der Waals surface area contributed by atoms with Gasteiger partial charge in [0.1, 0.15) is 11.5 Å². The largest absolute Gasteiger partial charge is 0.497 e. The fraction of sp³-hybridized carbons (Fsp3) is 0.333. The number of carbonyl (C=O) groups excluding carboxylic acids is 3. The minimum Gasteiger partial charge on any atom is -0.497 e. The maximum Gasteiger partial charge on any atom is 0.255 e. The summed E-state index contributed by atoms with van der Waals surface area (Å²) in [6.07, 6.45) is 0.152. The van der Waals surface area contributed by atoms with Crippen LogP contribution in [0.2, 0.25) is 0 Å². The van der Waals surface area contributed by atoms with Crippen LogP contribution >= 0.6 is 11.8 Å². The smallest absolute Gasteiger partial charge is 0.255 e. The number of amides is 3. The number of allylic oxidation sites excluding steroid dienone is 1. The van der Waals surface area contributed by atoms with Gasteiger partial charge in [-0.15, -0.1) is 0 Å². The Balaban J connectivity index is 1.44. The summed E-state index contributed by atoms with van der Waals surface area (Å²) in [4.78, 5) is 49.3. The molecule has 11 heteroatoms. The molecule has 10 nitrogen and oxygen atoms in total. The molecule has 0 saturated carbocycles. The third kappa shape index (κ3) is 5.95. The number of thioether (sulfide) groups is 1. The number of nitrogens with one attached hydrogen (secondary N) is 1. The van der Waals surface area contributed by atoms with Gasteiger partial charge in [0, 0.05) is 44.5 Å². The number of aliphatic imine (C=N–C) groups is 1. The Morgan fingerprint density at radius 1 is 0.976 bits per heavy atom. The summed E-state index contributed by atoms with van der Waals surface area (Å²) in [5.74, 6) is 1.06. The van der Waals surface area contributed by atoms with E-state index in [1.807, 2.05) is 41.5 Å². The monoisotopic (exact) mass is 575 g/mol. The SMILES string of the molecule is COc1ccc(NC(=O)C2=C(C)N=C3SC=C(CC(=O)N4CCN(C(C)=O)CC4)N3[C@H]2c2cccc(OC)c2)cc1. The highest BCUT2D eigenvalue weighted by Gasteiger charge is 2.41. The third-order valence-corrected chi connectivity index (χ3v) is 8.30. The molecular formula is C30H33N5O5S. The van der Waals surface area contributed by atoms with Crippen molar-refractivity contribution in [1.29, 1.82) is 0 Å². The number of nitrogens with zero attached hydrogens (tertiary/aromatic N) is 4. The van der Waals surface area contributed by atoms with E-state index < -0.39 is 6.04 Å². The molecule has 1 atom stereocenters. The second-order valence-corrected chi connectivity index (χ2v) is 10.8. The van der Waals surface area contributed by atoms with E-state index in [1.54, 1.807) is 55.2 Å². The summed E-state index contributed by atoms with van der Waals surface area (Å²) in [5, 5.41) is 5.66. The van der Waals surface area contributed by atoms with Crippen LogP contribution in [0.1, 0.15) is 31.9 Å². The van der Waals surface area contributed by atoms with Crippen LogP contribution in [0.3, 0.4) is 0 Å². The van der Waals surface area contributed by atoms with Crippen LogP contribution in [-0.2, 0) is 14.4 Å². The maximum atomic E-state index is 13.9. The van der Waals surface area contributed by atoms with Crippen molar-refractivity contribution in [3.8, 4) is 11.5 Å². The van der Waals surface area contributed by atoms with Crippen LogP contribution in [0, 0.1) is 0 Å². The quantitative estimate of drug-likeness (QED) is 0.532. The van der Waals surface area contributed by atoms with Crippen molar-refractivity contribution in [2.45, 2.75) is 26.3 Å². The zero-order valence-electron chi connectivity index (χ0n) is 23.5. The average molecular weight is 576 g/mol. The first kappa shape index (κ1) is 28.3. The predicted octanol–water partition coefficient (Wildman–Crippen LogP) is 4.00. The van der Waals surface area contributed by atoms with Gasteiger partial charge >= 0.3 is 0 Å². The van der Waals surface area contributed by atoms with E-state index in [4.69, 9.17) is 14.5 Å². The summed E-state index contributed by atoms with van der Waals surface area (Å²) in [6.45, 7) is 5.41. The highest BCUT2D eigenvalue weighted by Crippen LogP contribution is 2.45. The lowest BCUT2D eigenvalue weighted by Gasteiger charge is -2.38. The Bertz CT molecular complexity index is 1440. The number of methoxy groups -OCH3 is 2. The van der Waals surface area contributed by atoms with Gasteiger partial charge < -0.3 is 29.5 Å². The van der Waals surface area contributed by atoms with Crippen molar-refractivity contribution in [2.24, 2.45) is 4.99 Å². The highest BCUT2D eigenvalue weighted by atomic mass is 32.2. The number of anilines is 1. The molecule has 214 valence electrons. The molecule has 0 radical (unpaired) electrons. The van der Waals surface area contributed by atoms with E-state index in [9.17, 15) is 14.4 Å². The molecule has 0 aliphatic carbocycles. The number of hydrogen-bond acceptors (Lipinski definition) is 8. The number of carbonyl (C=O) groups is 3. The lowest BCUT2D eigenvalue weighted by molar-refractivity contribution is -0.138. The summed E-state index contributed by atoms with van der Waals surface area (Å²) in [6, 6.07) is 14.2. The van der Waals surface area contributed by atoms with Crippen LogP contribution in [0.15, 0.2) is 75.9 Å². The fourth-order valence-electron chi connectivity index (χ4n) is 5.20. The van der Waals surface area contributed by atoms with Crippen molar-refractivity contribution in [3.63, 3.8) is 0 Å². The van der Waals surface area contributed by atoms with E-state index in [1.165, 1.54) is 11.8 Å². The Labute approximate surface area is 243 Å². The third-order valence-electron chi connectivity index (χ3n) is 7.41. The zero-order chi connectivity index (χ0) is 29.1. The first-order chi connectivity index (χ1) is 19.8. The van der Waals surface area contributed by atoms with Crippen molar-refractivity contribution in [3.05, 3.63) is 76.5 Å². The van der Waals surface area contributed by atoms with Gasteiger partial charge in [0.05, 0.1) is 38.0 Å². The molecular weight excluding hydrogens is 542 g/mol. The normalized spacial score (nSPS) is 18.4. The first-order valence-corrected chi connectivity index (χ1v) is 14.2. The number of benzene rings is 2. The van der Waals surface area contributed by atoms with Gasteiger partial charge in [-0.3, -0.25) is 14.4 Å². The molecule has 5 rings (SSSR count). The van der Waals surface area contributed by atoms with Gasteiger partial charge in [0.2, 0.25) is 11.8 Å². The second kappa shape index (κ2) is 12.1. The number of hydrogen-bond donors (Lipinski definition) is 1. The molecule has 3 aliphatic rings. The molecule has 3 amide bonds. The Morgan fingerprint density at radius 2 is 1.66 bits per heavy atom. The molecule has 1 saturated heterocycles. The van der Waals surface area contributed by atoms with E-state index in [0.29, 0.717) is 59.8 Å². The molecule has 0 aromatic heterocycles. The summed E-state index contributed by atoms with van der Waals surface area (Å²) < 4.78 is 10.7. The molecule has 3 heterocycles. The molecule has 1 N–H and O–H groups in total. The second-order valence-electron chi connectivity index (χ2n) is 9.92. The van der Waals surface area contributed by atoms with Gasteiger partial charge in [0.15, 0.2) is 5.17 Å². The lowest BCUT2D eigenvalue weighted by atomic mass is 9.93. The summed E-state index contributed by atoms with van der Waals surface area (Å²) >= 11 is 1.44. The molecule has 3 aliphatic heterocycles. The molecule has 1 fully saturated rings. The van der Waals surface area contributed by atoms with Gasteiger partial charge in [-0.2, -0.15) is 0 Å². The van der Waals surface area contributed by atoms with Gasteiger partial charge in [-0.25, -0.2) is 4.99 Å². The number of piperazine rings is 1. The van der Waals surface area contributed by atoms with Crippen molar-refractivity contribution >= 4 is 40.3 Å². The first-order valence-electron chi connectivity index (χ1n) is 13.4. The lowest BCUT2D eigenvalue weighted by Crippen LogP contribution is -2.50. The topological polar surface area (TPSA) is 104 Å². The van der Waals surface area contributed by atoms with Crippen LogP contribution in [0.4, 0.5) is 5.69 Å². The van der Waals surface area contributed by atoms with Crippen LogP contribution in [0.25, 0.3) is 0 Å². The Hall–Kier alpha value is -4.25. The van der Waals surface area contributed by atoms with E-state index >= 15 is 0 Å². The summed E-state index contributed by atoms with van der Waals surface area (Å²) in [5.41, 5.74) is 3.31. The average Bonchev–Trinajstić information content (AvgIpc) is 3.38. The Kier molecular flexibility index (Phi) is 8.34. The van der Waals surface area contributed by atoms with Crippen LogP contribution in [-0.4, -0.2) is 78.0 Å². The van der Waals surface area contributed by atoms with Crippen molar-refractivity contribution in [2.75, 3.05) is 45.7 Å². The molecule has 2 aromatic carbocycles. The van der Waals surface area contributed by atoms with Gasteiger partial charge in [-0.05, 0) is 54.3 Å². The molecule has 2 aromatic rings. The highest BCUT2D eigenvalue weighted by molar-refractivity contribution is 8.16. The zero-order valence-corrected chi connectivity index (χ0v) is 24.4. The standard InChI is InChI=1S/C30H33N5O5S/c1-19-27(29(38)32-22-8-10-24(39-3)11-9-22)28(21-6-5-7-25(16-21)40-4)35-23(18-41-30(35)31-19)17-26(37)34-14-12-33(13-15-34)20(2)36/h5-11,16,18,28H,12-15,17H2,1-4H3,(H,32,38)/t28-/m0/s1. The van der Waals surface area contributed by atoms with Crippen molar-refractivity contribution in [1.82, 2.24) is 14.7 Å². The molecule has 41 heavy (non-hydrogen) atoms.